The molecule has 0 aromatic carbocycles. The van der Waals surface area contributed by atoms with Crippen molar-refractivity contribution < 1.29 is 9.90 Å². The average Bonchev–Trinajstić information content (AvgIpc) is 2.06. The smallest absolute Gasteiger partial charge is 0.309 e. The second-order valence-corrected chi connectivity index (χ2v) is 4.84. The van der Waals surface area contributed by atoms with Gasteiger partial charge in [-0.15, -0.1) is 0 Å². The summed E-state index contributed by atoms with van der Waals surface area (Å²) in [5.74, 6) is 0.146. The van der Waals surface area contributed by atoms with Crippen LogP contribution >= 0.6 is 22.6 Å². The standard InChI is InChI=1S/C9H15IO2/c1-9(8(11)12)4-2-7(6-10)3-5-9/h7H,2-6H2,1H3,(H,11,12). The third-order valence-corrected chi connectivity index (χ3v) is 4.19. The summed E-state index contributed by atoms with van der Waals surface area (Å²) in [6.07, 6.45) is 3.89. The SMILES string of the molecule is CC1(C(=O)O)CCC(CI)CC1. The zero-order valence-electron chi connectivity index (χ0n) is 7.35. The van der Waals surface area contributed by atoms with Gasteiger partial charge in [-0.2, -0.15) is 0 Å². The Morgan fingerprint density at radius 3 is 2.42 bits per heavy atom. The normalized spacial score (nSPS) is 36.3. The molecule has 0 heterocycles. The van der Waals surface area contributed by atoms with Gasteiger partial charge < -0.3 is 5.11 Å². The van der Waals surface area contributed by atoms with Gasteiger partial charge in [-0.05, 0) is 38.5 Å². The highest BCUT2D eigenvalue weighted by molar-refractivity contribution is 14.1. The maximum absolute atomic E-state index is 10.9. The number of alkyl halides is 1. The van der Waals surface area contributed by atoms with Crippen molar-refractivity contribution in [3.63, 3.8) is 0 Å². The van der Waals surface area contributed by atoms with Crippen LogP contribution in [0.1, 0.15) is 32.6 Å². The summed E-state index contributed by atoms with van der Waals surface area (Å²) in [4.78, 5) is 10.9. The third-order valence-electron chi connectivity index (χ3n) is 2.94. The van der Waals surface area contributed by atoms with Crippen LogP contribution in [0.5, 0.6) is 0 Å². The molecule has 70 valence electrons. The van der Waals surface area contributed by atoms with Crippen molar-refractivity contribution in [2.45, 2.75) is 32.6 Å². The van der Waals surface area contributed by atoms with Crippen LogP contribution in [0.4, 0.5) is 0 Å². The topological polar surface area (TPSA) is 37.3 Å². The molecule has 3 heteroatoms. The summed E-state index contributed by atoms with van der Waals surface area (Å²) in [5, 5.41) is 8.95. The first-order valence-corrected chi connectivity index (χ1v) is 5.90. The number of aliphatic carboxylic acids is 1. The molecule has 0 bridgehead atoms. The van der Waals surface area contributed by atoms with Gasteiger partial charge >= 0.3 is 5.97 Å². The first-order valence-electron chi connectivity index (χ1n) is 4.38. The number of carboxylic acid groups (broad SMARTS) is 1. The molecule has 0 atom stereocenters. The fourth-order valence-electron chi connectivity index (χ4n) is 1.68. The van der Waals surface area contributed by atoms with E-state index in [2.05, 4.69) is 22.6 Å². The lowest BCUT2D eigenvalue weighted by Gasteiger charge is -2.33. The first-order chi connectivity index (χ1) is 5.58. The van der Waals surface area contributed by atoms with Crippen molar-refractivity contribution in [2.75, 3.05) is 4.43 Å². The minimum atomic E-state index is -0.616. The molecule has 1 aliphatic rings. The average molecular weight is 282 g/mol. The van der Waals surface area contributed by atoms with Crippen LogP contribution in [0.2, 0.25) is 0 Å². The van der Waals surface area contributed by atoms with E-state index in [1.807, 2.05) is 6.92 Å². The molecule has 12 heavy (non-hydrogen) atoms. The lowest BCUT2D eigenvalue weighted by Crippen LogP contribution is -2.32. The number of hydrogen-bond acceptors (Lipinski definition) is 1. The largest absolute Gasteiger partial charge is 0.481 e. The number of rotatable bonds is 2. The van der Waals surface area contributed by atoms with E-state index in [0.29, 0.717) is 0 Å². The van der Waals surface area contributed by atoms with Gasteiger partial charge in [0.1, 0.15) is 0 Å². The Hall–Kier alpha value is 0.200. The van der Waals surface area contributed by atoms with Crippen LogP contribution < -0.4 is 0 Å². The van der Waals surface area contributed by atoms with E-state index >= 15 is 0 Å². The Bertz CT molecular complexity index is 171. The van der Waals surface area contributed by atoms with E-state index in [9.17, 15) is 4.79 Å². The quantitative estimate of drug-likeness (QED) is 0.624. The van der Waals surface area contributed by atoms with Crippen LogP contribution in [-0.4, -0.2) is 15.5 Å². The summed E-state index contributed by atoms with van der Waals surface area (Å²) in [5.41, 5.74) is -0.428. The number of carbonyl (C=O) groups is 1. The molecule has 1 fully saturated rings. The third kappa shape index (κ3) is 2.12. The fraction of sp³-hybridized carbons (Fsp3) is 0.889. The van der Waals surface area contributed by atoms with Crippen LogP contribution in [0.3, 0.4) is 0 Å². The van der Waals surface area contributed by atoms with E-state index in [0.717, 1.165) is 31.6 Å². The minimum absolute atomic E-state index is 0.428. The first kappa shape index (κ1) is 10.3. The van der Waals surface area contributed by atoms with Crippen molar-refractivity contribution in [3.05, 3.63) is 0 Å². The summed E-state index contributed by atoms with van der Waals surface area (Å²) in [6, 6.07) is 0. The molecule has 1 rings (SSSR count). The molecule has 0 amide bonds. The molecule has 2 nitrogen and oxygen atoms in total. The van der Waals surface area contributed by atoms with Crippen molar-refractivity contribution in [1.29, 1.82) is 0 Å². The minimum Gasteiger partial charge on any atom is -0.481 e. The second kappa shape index (κ2) is 3.94. The predicted octanol–water partition coefficient (Wildman–Crippen LogP) is 2.70. The van der Waals surface area contributed by atoms with E-state index < -0.39 is 11.4 Å². The molecule has 0 radical (unpaired) electrons. The predicted molar refractivity (Wildman–Crippen MR) is 56.6 cm³/mol. The summed E-state index contributed by atoms with van der Waals surface area (Å²) < 4.78 is 1.17. The van der Waals surface area contributed by atoms with Crippen LogP contribution in [0, 0.1) is 11.3 Å². The van der Waals surface area contributed by atoms with Gasteiger partial charge in [0.05, 0.1) is 5.41 Å². The fourth-order valence-corrected chi connectivity index (χ4v) is 2.56. The van der Waals surface area contributed by atoms with Gasteiger partial charge in [0.2, 0.25) is 0 Å². The Morgan fingerprint density at radius 1 is 1.58 bits per heavy atom. The lowest BCUT2D eigenvalue weighted by atomic mass is 9.72. The monoisotopic (exact) mass is 282 g/mol. The molecule has 1 aliphatic carbocycles. The Labute approximate surface area is 86.9 Å². The van der Waals surface area contributed by atoms with Gasteiger partial charge in [-0.25, -0.2) is 0 Å². The molecular formula is C9H15IO2. The van der Waals surface area contributed by atoms with E-state index in [1.54, 1.807) is 0 Å². The molecule has 1 N–H and O–H groups in total. The zero-order chi connectivity index (χ0) is 9.19. The highest BCUT2D eigenvalue weighted by Crippen LogP contribution is 2.39. The maximum atomic E-state index is 10.9. The van der Waals surface area contributed by atoms with Crippen molar-refractivity contribution in [3.8, 4) is 0 Å². The Balaban J connectivity index is 2.49. The molecule has 0 aromatic heterocycles. The molecule has 0 spiro atoms. The van der Waals surface area contributed by atoms with Crippen LogP contribution in [-0.2, 0) is 4.79 Å². The Kier molecular flexibility index (Phi) is 3.37. The highest BCUT2D eigenvalue weighted by atomic mass is 127. The van der Waals surface area contributed by atoms with E-state index in [1.165, 1.54) is 4.43 Å². The number of hydrogen-bond donors (Lipinski definition) is 1. The van der Waals surface area contributed by atoms with Gasteiger partial charge in [0, 0.05) is 4.43 Å². The van der Waals surface area contributed by atoms with E-state index in [4.69, 9.17) is 5.11 Å². The van der Waals surface area contributed by atoms with Gasteiger partial charge in [0.15, 0.2) is 0 Å². The van der Waals surface area contributed by atoms with Crippen molar-refractivity contribution in [2.24, 2.45) is 11.3 Å². The maximum Gasteiger partial charge on any atom is 0.309 e. The summed E-state index contributed by atoms with van der Waals surface area (Å²) in [7, 11) is 0. The van der Waals surface area contributed by atoms with Gasteiger partial charge in [0.25, 0.3) is 0 Å². The zero-order valence-corrected chi connectivity index (χ0v) is 9.50. The molecule has 0 aromatic rings. The van der Waals surface area contributed by atoms with Gasteiger partial charge in [-0.3, -0.25) is 4.79 Å². The van der Waals surface area contributed by atoms with Gasteiger partial charge in [-0.1, -0.05) is 22.6 Å². The Morgan fingerprint density at radius 2 is 2.08 bits per heavy atom. The molecule has 0 saturated heterocycles. The molecule has 0 aliphatic heterocycles. The number of carboxylic acids is 1. The second-order valence-electron chi connectivity index (χ2n) is 3.96. The molecular weight excluding hydrogens is 267 g/mol. The van der Waals surface area contributed by atoms with Crippen molar-refractivity contribution >= 4 is 28.6 Å². The highest BCUT2D eigenvalue weighted by Gasteiger charge is 2.36. The van der Waals surface area contributed by atoms with Crippen LogP contribution in [0.15, 0.2) is 0 Å². The molecule has 0 unspecified atom stereocenters. The summed E-state index contributed by atoms with van der Waals surface area (Å²) in [6.45, 7) is 1.87. The van der Waals surface area contributed by atoms with Crippen molar-refractivity contribution in [1.82, 2.24) is 0 Å². The lowest BCUT2D eigenvalue weighted by molar-refractivity contribution is -0.150. The van der Waals surface area contributed by atoms with Crippen LogP contribution in [0.25, 0.3) is 0 Å². The summed E-state index contributed by atoms with van der Waals surface area (Å²) >= 11 is 2.39. The number of halogens is 1. The molecule has 1 saturated carbocycles. The van der Waals surface area contributed by atoms with E-state index in [-0.39, 0.29) is 0 Å².